The van der Waals surface area contributed by atoms with E-state index in [-0.39, 0.29) is 28.2 Å². The summed E-state index contributed by atoms with van der Waals surface area (Å²) < 4.78 is 50.7. The van der Waals surface area contributed by atoms with Gasteiger partial charge in [-0.15, -0.1) is 23.1 Å². The summed E-state index contributed by atoms with van der Waals surface area (Å²) >= 11 is 4.19. The van der Waals surface area contributed by atoms with Crippen molar-refractivity contribution in [2.45, 2.75) is 35.2 Å². The lowest BCUT2D eigenvalue weighted by molar-refractivity contribution is 0.0370. The fourth-order valence-electron chi connectivity index (χ4n) is 6.78. The number of nitrogens with zero attached hydrogens (tertiary/aromatic N) is 5. The summed E-state index contributed by atoms with van der Waals surface area (Å²) in [6.07, 6.45) is 4.73. The van der Waals surface area contributed by atoms with E-state index in [2.05, 4.69) is 35.2 Å². The highest BCUT2D eigenvalue weighted by Gasteiger charge is 2.27. The Morgan fingerprint density at radius 1 is 0.983 bits per heavy atom. The van der Waals surface area contributed by atoms with Crippen LogP contribution in [-0.2, 0) is 27.7 Å². The normalized spacial score (nSPS) is 15.2. The van der Waals surface area contributed by atoms with Crippen molar-refractivity contribution in [2.24, 2.45) is 0 Å². The van der Waals surface area contributed by atoms with Gasteiger partial charge in [0.25, 0.3) is 21.8 Å². The summed E-state index contributed by atoms with van der Waals surface area (Å²) in [5, 5.41) is 8.65. The number of thiazole rings is 2. The van der Waals surface area contributed by atoms with Crippen molar-refractivity contribution in [3.8, 4) is 0 Å². The third kappa shape index (κ3) is 9.48. The molecule has 2 aliphatic rings. The van der Waals surface area contributed by atoms with E-state index in [0.29, 0.717) is 54.3 Å². The molecule has 18 heteroatoms. The van der Waals surface area contributed by atoms with Crippen LogP contribution in [0.2, 0.25) is 0 Å². The molecule has 0 spiro atoms. The maximum Gasteiger partial charge on any atom is 0.284 e. The Bertz CT molecular complexity index is 2500. The highest BCUT2D eigenvalue weighted by atomic mass is 32.2. The molecule has 0 unspecified atom stereocenters. The van der Waals surface area contributed by atoms with Gasteiger partial charge in [0.05, 0.1) is 34.0 Å². The van der Waals surface area contributed by atoms with Gasteiger partial charge in [0, 0.05) is 72.8 Å². The number of pyridine rings is 1. The van der Waals surface area contributed by atoms with Crippen LogP contribution >= 0.6 is 34.4 Å². The van der Waals surface area contributed by atoms with Gasteiger partial charge in [-0.1, -0.05) is 41.7 Å². The van der Waals surface area contributed by atoms with Crippen LogP contribution < -0.4 is 20.3 Å². The van der Waals surface area contributed by atoms with Gasteiger partial charge >= 0.3 is 0 Å². The number of morpholine rings is 1. The zero-order valence-electron chi connectivity index (χ0n) is 31.1. The van der Waals surface area contributed by atoms with Gasteiger partial charge < -0.3 is 15.0 Å². The highest BCUT2D eigenvalue weighted by Crippen LogP contribution is 2.31. The molecule has 300 valence electrons. The van der Waals surface area contributed by atoms with Gasteiger partial charge in [0.15, 0.2) is 10.3 Å². The number of carbonyl (C=O) groups excluding carboxylic acids is 2. The van der Waals surface area contributed by atoms with E-state index < -0.39 is 21.7 Å². The first-order valence-corrected chi connectivity index (χ1v) is 22.8. The smallest absolute Gasteiger partial charge is 0.284 e. The molecular weight excluding hydrogens is 820 g/mol. The Hall–Kier alpha value is -4.98. The van der Waals surface area contributed by atoms with Crippen molar-refractivity contribution in [2.75, 3.05) is 60.7 Å². The molecule has 1 fully saturated rings. The topological polar surface area (TPSA) is 159 Å². The van der Waals surface area contributed by atoms with Crippen LogP contribution in [0.1, 0.15) is 38.4 Å². The van der Waals surface area contributed by atoms with E-state index >= 15 is 4.39 Å². The fourth-order valence-corrected chi connectivity index (χ4v) is 10.4. The number of ether oxygens (including phenoxy) is 1. The van der Waals surface area contributed by atoms with Crippen molar-refractivity contribution < 1.29 is 27.1 Å². The largest absolute Gasteiger partial charge is 0.379 e. The molecule has 6 aromatic rings. The third-order valence-corrected chi connectivity index (χ3v) is 14.2. The summed E-state index contributed by atoms with van der Waals surface area (Å²) in [7, 11) is -4.44. The second-order valence-electron chi connectivity index (χ2n) is 13.7. The van der Waals surface area contributed by atoms with E-state index in [0.717, 1.165) is 58.4 Å². The first-order chi connectivity index (χ1) is 28.2. The minimum Gasteiger partial charge on any atom is -0.379 e. The molecule has 0 aliphatic carbocycles. The van der Waals surface area contributed by atoms with Crippen LogP contribution in [0, 0.1) is 5.82 Å². The Morgan fingerprint density at radius 3 is 2.64 bits per heavy atom. The number of aromatic nitrogens is 3. The number of benzene rings is 3. The summed E-state index contributed by atoms with van der Waals surface area (Å²) in [5.74, 6) is -1.30. The second-order valence-corrected chi connectivity index (χ2v) is 18.4. The number of rotatable bonds is 14. The molecule has 3 aromatic heterocycles. The summed E-state index contributed by atoms with van der Waals surface area (Å²) in [4.78, 5) is 44.8. The predicted molar refractivity (Wildman–Crippen MR) is 226 cm³/mol. The highest BCUT2D eigenvalue weighted by molar-refractivity contribution is 7.99. The van der Waals surface area contributed by atoms with E-state index in [4.69, 9.17) is 4.74 Å². The first kappa shape index (κ1) is 39.8. The number of thioether (sulfide) groups is 1. The maximum atomic E-state index is 15.6. The molecule has 1 saturated heterocycles. The molecule has 13 nitrogen and oxygen atoms in total. The minimum absolute atomic E-state index is 0.0940. The maximum absolute atomic E-state index is 15.6. The molecule has 3 N–H and O–H groups in total. The molecule has 58 heavy (non-hydrogen) atoms. The van der Waals surface area contributed by atoms with Gasteiger partial charge in [0.1, 0.15) is 11.5 Å². The number of fused-ring (bicyclic) bond motifs is 2. The molecule has 5 heterocycles. The fraction of sp³-hybridized carbons (Fsp3) is 0.275. The van der Waals surface area contributed by atoms with E-state index in [1.807, 2.05) is 47.4 Å². The number of sulfonamides is 1. The van der Waals surface area contributed by atoms with Gasteiger partial charge in [-0.05, 0) is 66.4 Å². The average Bonchev–Trinajstić information content (AvgIpc) is 3.90. The van der Waals surface area contributed by atoms with Crippen LogP contribution in [0.15, 0.2) is 100 Å². The van der Waals surface area contributed by atoms with Crippen molar-refractivity contribution in [3.05, 3.63) is 119 Å². The lowest BCUT2D eigenvalue weighted by atomic mass is 9.94. The van der Waals surface area contributed by atoms with Crippen molar-refractivity contribution in [3.63, 3.8) is 0 Å². The SMILES string of the molecule is O=C(NS(=O)(=O)c1ccc(N[C@H](CCN2CCOCC2)CSc2ccccc2)c(F)c1)c1csc(N2CCc3cccc(C(=O)Nc4nc5ccncc5s4)c3C2)n1. The van der Waals surface area contributed by atoms with Crippen LogP contribution in [0.3, 0.4) is 0 Å². The molecule has 0 radical (unpaired) electrons. The Labute approximate surface area is 347 Å². The number of anilines is 3. The Morgan fingerprint density at radius 2 is 1.83 bits per heavy atom. The molecule has 3 aromatic carbocycles. The summed E-state index contributed by atoms with van der Waals surface area (Å²) in [6, 6.07) is 20.8. The van der Waals surface area contributed by atoms with Gasteiger partial charge in [0.2, 0.25) is 0 Å². The number of nitrogens with one attached hydrogen (secondary N) is 3. The van der Waals surface area contributed by atoms with E-state index in [9.17, 15) is 18.0 Å². The zero-order valence-corrected chi connectivity index (χ0v) is 34.4. The van der Waals surface area contributed by atoms with E-state index in [1.54, 1.807) is 36.3 Å². The minimum atomic E-state index is -4.44. The number of hydrogen-bond acceptors (Lipinski definition) is 14. The van der Waals surface area contributed by atoms with Gasteiger partial charge in [-0.2, -0.15) is 0 Å². The first-order valence-electron chi connectivity index (χ1n) is 18.6. The van der Waals surface area contributed by atoms with E-state index in [1.165, 1.54) is 40.2 Å². The van der Waals surface area contributed by atoms with Crippen molar-refractivity contribution in [1.29, 1.82) is 0 Å². The van der Waals surface area contributed by atoms with Crippen LogP contribution in [0.25, 0.3) is 10.2 Å². The van der Waals surface area contributed by atoms with Crippen molar-refractivity contribution in [1.82, 2.24) is 24.6 Å². The summed E-state index contributed by atoms with van der Waals surface area (Å²) in [5.41, 5.74) is 3.19. The molecule has 2 amide bonds. The number of amides is 2. The van der Waals surface area contributed by atoms with Crippen LogP contribution in [0.4, 0.5) is 20.3 Å². The van der Waals surface area contributed by atoms with Gasteiger partial charge in [-0.3, -0.25) is 24.8 Å². The lowest BCUT2D eigenvalue weighted by Crippen LogP contribution is -2.39. The number of hydrogen-bond donors (Lipinski definition) is 3. The Balaban J connectivity index is 0.906. The third-order valence-electron chi connectivity index (χ3n) is 9.85. The van der Waals surface area contributed by atoms with Gasteiger partial charge in [-0.25, -0.2) is 27.5 Å². The predicted octanol–water partition coefficient (Wildman–Crippen LogP) is 6.52. The molecule has 0 saturated carbocycles. The van der Waals surface area contributed by atoms with Crippen molar-refractivity contribution >= 4 is 82.4 Å². The quantitative estimate of drug-likeness (QED) is 0.102. The monoisotopic (exact) mass is 858 g/mol. The number of halogens is 1. The van der Waals surface area contributed by atoms with Crippen LogP contribution in [-0.4, -0.2) is 91.3 Å². The second kappa shape index (κ2) is 17.9. The molecule has 0 bridgehead atoms. The standard InChI is InChI=1S/C40H39FN8O5S4/c41-32-21-29(9-10-33(32)43-27(13-15-48-17-19-54-20-18-48)24-55-28-6-2-1-3-7-28)58(52,53)47-38(51)35-25-56-40(45-35)49-16-12-26-5-4-8-30(31(26)23-49)37(50)46-39-44-34-11-14-42-22-36(34)57-39/h1-11,14,21-22,25,27,43H,12-13,15-20,23-24H2,(H,47,51)(H,44,46,50)/t27-/m1/s1. The molecule has 8 rings (SSSR count). The molecule has 2 aliphatic heterocycles. The molecule has 1 atom stereocenters. The lowest BCUT2D eigenvalue weighted by Gasteiger charge is -2.29. The summed E-state index contributed by atoms with van der Waals surface area (Å²) in [6.45, 7) is 4.79. The Kier molecular flexibility index (Phi) is 12.3. The average molecular weight is 859 g/mol. The molecular formula is C40H39FN8O5S4. The van der Waals surface area contributed by atoms with Crippen LogP contribution in [0.5, 0.6) is 0 Å². The zero-order chi connectivity index (χ0) is 40.1. The number of carbonyl (C=O) groups is 2.